The van der Waals surface area contributed by atoms with E-state index < -0.39 is 0 Å². The Labute approximate surface area is 80.7 Å². The predicted octanol–water partition coefficient (Wildman–Crippen LogP) is 1.37. The molecule has 3 fully saturated rings. The highest BCUT2D eigenvalue weighted by Crippen LogP contribution is 2.50. The van der Waals surface area contributed by atoms with Gasteiger partial charge in [-0.05, 0) is 45.7 Å². The van der Waals surface area contributed by atoms with E-state index in [4.69, 9.17) is 0 Å². The molecular weight excluding hydrogens is 160 g/mol. The van der Waals surface area contributed by atoms with Crippen LogP contribution in [0, 0.1) is 0 Å². The molecule has 3 rings (SSSR count). The van der Waals surface area contributed by atoms with E-state index in [0.29, 0.717) is 11.1 Å². The Morgan fingerprint density at radius 1 is 1.15 bits per heavy atom. The molecule has 1 atom stereocenters. The van der Waals surface area contributed by atoms with Crippen molar-refractivity contribution in [3.8, 4) is 0 Å². The second-order valence-electron chi connectivity index (χ2n) is 5.41. The van der Waals surface area contributed by atoms with Gasteiger partial charge in [0.2, 0.25) is 0 Å². The monoisotopic (exact) mass is 180 g/mol. The van der Waals surface area contributed by atoms with Gasteiger partial charge in [-0.1, -0.05) is 6.42 Å². The smallest absolute Gasteiger partial charge is 0.0348 e. The van der Waals surface area contributed by atoms with Gasteiger partial charge in [-0.3, -0.25) is 4.90 Å². The summed E-state index contributed by atoms with van der Waals surface area (Å²) in [5, 5.41) is 3.76. The molecule has 0 aromatic heterocycles. The van der Waals surface area contributed by atoms with Crippen LogP contribution < -0.4 is 5.32 Å². The van der Waals surface area contributed by atoms with Crippen LogP contribution in [-0.4, -0.2) is 36.1 Å². The summed E-state index contributed by atoms with van der Waals surface area (Å²) in [6.07, 6.45) is 8.58. The van der Waals surface area contributed by atoms with E-state index in [2.05, 4.69) is 17.3 Å². The molecule has 2 aliphatic heterocycles. The molecule has 74 valence electrons. The first kappa shape index (κ1) is 8.25. The SMILES string of the molecule is CN1CCCCC12CNC1(CC1)C2. The third-order valence-electron chi connectivity index (χ3n) is 4.51. The predicted molar refractivity (Wildman–Crippen MR) is 53.8 cm³/mol. The molecule has 2 heterocycles. The molecule has 3 aliphatic rings. The molecule has 2 nitrogen and oxygen atoms in total. The van der Waals surface area contributed by atoms with E-state index in [-0.39, 0.29) is 0 Å². The van der Waals surface area contributed by atoms with Crippen LogP contribution in [0.25, 0.3) is 0 Å². The van der Waals surface area contributed by atoms with Gasteiger partial charge in [0, 0.05) is 17.6 Å². The zero-order chi connectivity index (χ0) is 8.94. The molecular formula is C11H20N2. The molecule has 0 amide bonds. The highest BCUT2D eigenvalue weighted by molar-refractivity contribution is 5.16. The number of nitrogens with one attached hydrogen (secondary N) is 1. The first-order valence-corrected chi connectivity index (χ1v) is 5.71. The molecule has 0 bridgehead atoms. The number of hydrogen-bond acceptors (Lipinski definition) is 2. The molecule has 0 radical (unpaired) electrons. The molecule has 2 heteroatoms. The lowest BCUT2D eigenvalue weighted by Gasteiger charge is -2.42. The number of likely N-dealkylation sites (N-methyl/N-ethyl adjacent to an activating group) is 1. The van der Waals surface area contributed by atoms with Gasteiger partial charge in [-0.25, -0.2) is 0 Å². The maximum atomic E-state index is 3.76. The summed E-state index contributed by atoms with van der Waals surface area (Å²) in [6.45, 7) is 2.57. The molecule has 1 aliphatic carbocycles. The summed E-state index contributed by atoms with van der Waals surface area (Å²) in [6, 6.07) is 0. The minimum atomic E-state index is 0.550. The van der Waals surface area contributed by atoms with E-state index in [1.807, 2.05) is 0 Å². The van der Waals surface area contributed by atoms with Crippen molar-refractivity contribution < 1.29 is 0 Å². The summed E-state index contributed by atoms with van der Waals surface area (Å²) in [7, 11) is 2.32. The number of nitrogens with zero attached hydrogens (tertiary/aromatic N) is 1. The van der Waals surface area contributed by atoms with Crippen molar-refractivity contribution in [2.24, 2.45) is 0 Å². The van der Waals surface area contributed by atoms with Crippen LogP contribution in [0.4, 0.5) is 0 Å². The van der Waals surface area contributed by atoms with Crippen molar-refractivity contribution in [3.63, 3.8) is 0 Å². The topological polar surface area (TPSA) is 15.3 Å². The van der Waals surface area contributed by atoms with Crippen LogP contribution in [0.5, 0.6) is 0 Å². The fraction of sp³-hybridized carbons (Fsp3) is 1.00. The Hall–Kier alpha value is -0.0800. The van der Waals surface area contributed by atoms with Gasteiger partial charge in [-0.15, -0.1) is 0 Å². The van der Waals surface area contributed by atoms with E-state index in [0.717, 1.165) is 0 Å². The van der Waals surface area contributed by atoms with Gasteiger partial charge >= 0.3 is 0 Å². The molecule has 1 N–H and O–H groups in total. The van der Waals surface area contributed by atoms with Crippen LogP contribution >= 0.6 is 0 Å². The molecule has 13 heavy (non-hydrogen) atoms. The number of rotatable bonds is 0. The van der Waals surface area contributed by atoms with Crippen molar-refractivity contribution >= 4 is 0 Å². The lowest BCUT2D eigenvalue weighted by molar-refractivity contribution is 0.0879. The Morgan fingerprint density at radius 2 is 2.00 bits per heavy atom. The minimum absolute atomic E-state index is 0.550. The summed E-state index contributed by atoms with van der Waals surface area (Å²) < 4.78 is 0. The second-order valence-corrected chi connectivity index (χ2v) is 5.41. The molecule has 0 aromatic carbocycles. The number of piperidine rings is 1. The maximum Gasteiger partial charge on any atom is 0.0348 e. The summed E-state index contributed by atoms with van der Waals surface area (Å²) in [5.41, 5.74) is 1.15. The summed E-state index contributed by atoms with van der Waals surface area (Å²) in [5.74, 6) is 0. The Kier molecular flexibility index (Phi) is 1.58. The summed E-state index contributed by atoms with van der Waals surface area (Å²) >= 11 is 0. The largest absolute Gasteiger partial charge is 0.309 e. The van der Waals surface area contributed by atoms with Crippen LogP contribution in [0.3, 0.4) is 0 Å². The molecule has 0 aromatic rings. The van der Waals surface area contributed by atoms with Gasteiger partial charge in [-0.2, -0.15) is 0 Å². The zero-order valence-corrected chi connectivity index (χ0v) is 8.60. The normalized spacial score (nSPS) is 43.2. The van der Waals surface area contributed by atoms with E-state index in [1.165, 1.54) is 51.6 Å². The standard InChI is InChI=1S/C11H20N2/c1-13-7-3-2-4-11(13)8-10(5-6-10)12-9-11/h12H,2-9H2,1H3. The first-order valence-electron chi connectivity index (χ1n) is 5.71. The second kappa shape index (κ2) is 2.48. The molecule has 1 unspecified atom stereocenters. The van der Waals surface area contributed by atoms with E-state index in [1.54, 1.807) is 0 Å². The fourth-order valence-corrected chi connectivity index (χ4v) is 3.29. The highest BCUT2D eigenvalue weighted by atomic mass is 15.3. The molecule has 2 saturated heterocycles. The van der Waals surface area contributed by atoms with Crippen molar-refractivity contribution in [2.45, 2.75) is 49.6 Å². The van der Waals surface area contributed by atoms with Crippen LogP contribution in [0.15, 0.2) is 0 Å². The Morgan fingerprint density at radius 3 is 2.62 bits per heavy atom. The van der Waals surface area contributed by atoms with Crippen molar-refractivity contribution in [1.82, 2.24) is 10.2 Å². The lowest BCUT2D eigenvalue weighted by Crippen LogP contribution is -2.51. The van der Waals surface area contributed by atoms with Crippen LogP contribution in [0.1, 0.15) is 38.5 Å². The van der Waals surface area contributed by atoms with Gasteiger partial charge in [0.1, 0.15) is 0 Å². The molecule has 1 saturated carbocycles. The number of likely N-dealkylation sites (tertiary alicyclic amines) is 1. The minimum Gasteiger partial charge on any atom is -0.309 e. The first-order chi connectivity index (χ1) is 6.25. The average molecular weight is 180 g/mol. The van der Waals surface area contributed by atoms with Crippen molar-refractivity contribution in [2.75, 3.05) is 20.1 Å². The Bertz CT molecular complexity index is 222. The zero-order valence-electron chi connectivity index (χ0n) is 8.60. The third kappa shape index (κ3) is 1.15. The maximum absolute atomic E-state index is 3.76. The molecule has 2 spiro atoms. The van der Waals surface area contributed by atoms with Crippen LogP contribution in [-0.2, 0) is 0 Å². The summed E-state index contributed by atoms with van der Waals surface area (Å²) in [4.78, 5) is 2.62. The van der Waals surface area contributed by atoms with Gasteiger partial charge in [0.15, 0.2) is 0 Å². The van der Waals surface area contributed by atoms with Crippen molar-refractivity contribution in [3.05, 3.63) is 0 Å². The van der Waals surface area contributed by atoms with Crippen LogP contribution in [0.2, 0.25) is 0 Å². The van der Waals surface area contributed by atoms with E-state index >= 15 is 0 Å². The third-order valence-corrected chi connectivity index (χ3v) is 4.51. The van der Waals surface area contributed by atoms with Gasteiger partial charge < -0.3 is 5.32 Å². The quantitative estimate of drug-likeness (QED) is 0.605. The van der Waals surface area contributed by atoms with Gasteiger partial charge in [0.25, 0.3) is 0 Å². The Balaban J connectivity index is 1.79. The van der Waals surface area contributed by atoms with Gasteiger partial charge in [0.05, 0.1) is 0 Å². The van der Waals surface area contributed by atoms with E-state index in [9.17, 15) is 0 Å². The lowest BCUT2D eigenvalue weighted by atomic mass is 9.84. The number of hydrogen-bond donors (Lipinski definition) is 1. The van der Waals surface area contributed by atoms with Crippen molar-refractivity contribution in [1.29, 1.82) is 0 Å². The highest BCUT2D eigenvalue weighted by Gasteiger charge is 2.56. The average Bonchev–Trinajstić information content (AvgIpc) is 2.76. The fourth-order valence-electron chi connectivity index (χ4n) is 3.29.